The van der Waals surface area contributed by atoms with Gasteiger partial charge in [-0.2, -0.15) is 0 Å². The topological polar surface area (TPSA) is 49.4 Å². The molecule has 0 saturated carbocycles. The van der Waals surface area contributed by atoms with Gasteiger partial charge >= 0.3 is 51.4 Å². The molecule has 10 heavy (non-hydrogen) atoms. The number of unbranched alkanes of at least 4 members (excludes halogenated alkanes) is 2. The second kappa shape index (κ2) is 9.91. The minimum Gasteiger partial charge on any atom is -0.550 e. The molecule has 0 radical (unpaired) electrons. The van der Waals surface area contributed by atoms with Crippen molar-refractivity contribution in [2.45, 2.75) is 26.2 Å². The molecule has 0 aromatic rings. The summed E-state index contributed by atoms with van der Waals surface area (Å²) in [5.74, 6) is 0. The van der Waals surface area contributed by atoms with Crippen LogP contribution in [0.4, 0.5) is 4.79 Å². The normalized spacial score (nSPS) is 8.10. The molecule has 0 spiro atoms. The van der Waals surface area contributed by atoms with Gasteiger partial charge in [0.25, 0.3) is 6.16 Å². The average Bonchev–Trinajstić information content (AvgIpc) is 1.80. The van der Waals surface area contributed by atoms with Gasteiger partial charge in [-0.1, -0.05) is 19.8 Å². The second-order valence-electron chi connectivity index (χ2n) is 1.81. The van der Waals surface area contributed by atoms with Gasteiger partial charge in [-0.25, -0.2) is 0 Å². The number of carboxylic acid groups (broad SMARTS) is 1. The maximum absolute atomic E-state index is 9.63. The summed E-state index contributed by atoms with van der Waals surface area (Å²) in [7, 11) is 0. The molecule has 54 valence electrons. The van der Waals surface area contributed by atoms with Gasteiger partial charge < -0.3 is 14.6 Å². The second-order valence-corrected chi connectivity index (χ2v) is 1.81. The van der Waals surface area contributed by atoms with E-state index in [4.69, 9.17) is 0 Å². The minimum atomic E-state index is -1.42. The van der Waals surface area contributed by atoms with Crippen LogP contribution < -0.4 is 56.5 Å². The molecule has 0 rings (SSSR count). The van der Waals surface area contributed by atoms with E-state index in [0.717, 1.165) is 19.3 Å². The van der Waals surface area contributed by atoms with Crippen molar-refractivity contribution in [3.63, 3.8) is 0 Å². The summed E-state index contributed by atoms with van der Waals surface area (Å²) in [6.45, 7) is 2.31. The molecule has 0 saturated heterocycles. The van der Waals surface area contributed by atoms with E-state index in [-0.39, 0.29) is 58.0 Å². The number of rotatable bonds is 4. The van der Waals surface area contributed by atoms with Crippen LogP contribution in [0, 0.1) is 0 Å². The SMILES string of the molecule is CCCCCOC(=O)[O-].[K+]. The Morgan fingerprint density at radius 2 is 2.10 bits per heavy atom. The summed E-state index contributed by atoms with van der Waals surface area (Å²) in [6.07, 6.45) is 1.44. The standard InChI is InChI=1S/C6H12O3.K/c1-2-3-4-5-9-6(7)8;/h2-5H2,1H3,(H,7,8);/q;+1/p-1. The summed E-state index contributed by atoms with van der Waals surface area (Å²) in [6, 6.07) is 0. The molecule has 0 unspecified atom stereocenters. The summed E-state index contributed by atoms with van der Waals surface area (Å²) in [5.41, 5.74) is 0. The molecule has 4 heteroatoms. The van der Waals surface area contributed by atoms with Gasteiger partial charge in [0.1, 0.15) is 0 Å². The van der Waals surface area contributed by atoms with Crippen LogP contribution in [0.15, 0.2) is 0 Å². The van der Waals surface area contributed by atoms with E-state index in [1.165, 1.54) is 0 Å². The zero-order valence-corrected chi connectivity index (χ0v) is 9.68. The third-order valence-electron chi connectivity index (χ3n) is 0.968. The first-order chi connectivity index (χ1) is 4.27. The molecule has 0 aliphatic heterocycles. The fraction of sp³-hybridized carbons (Fsp3) is 0.833. The Kier molecular flexibility index (Phi) is 13.4. The van der Waals surface area contributed by atoms with Crippen LogP contribution >= 0.6 is 0 Å². The van der Waals surface area contributed by atoms with Gasteiger partial charge in [0.05, 0.1) is 0 Å². The molecule has 0 amide bonds. The minimum absolute atomic E-state index is 0. The Bertz CT molecular complexity index is 85.1. The van der Waals surface area contributed by atoms with E-state index >= 15 is 0 Å². The largest absolute Gasteiger partial charge is 1.00 e. The van der Waals surface area contributed by atoms with E-state index in [1.807, 2.05) is 6.92 Å². The Labute approximate surface area is 104 Å². The van der Waals surface area contributed by atoms with Crippen molar-refractivity contribution in [1.29, 1.82) is 0 Å². The molecule has 0 N–H and O–H groups in total. The molecular weight excluding hydrogens is 159 g/mol. The Balaban J connectivity index is 0. The first-order valence-corrected chi connectivity index (χ1v) is 3.11. The number of ether oxygens (including phenoxy) is 1. The maximum atomic E-state index is 9.63. The third kappa shape index (κ3) is 11.7. The Hall–Kier alpha value is 0.906. The van der Waals surface area contributed by atoms with E-state index < -0.39 is 6.16 Å². The molecular formula is C6H11KO3. The van der Waals surface area contributed by atoms with E-state index in [0.29, 0.717) is 0 Å². The van der Waals surface area contributed by atoms with Crippen molar-refractivity contribution in [2.75, 3.05) is 6.61 Å². The van der Waals surface area contributed by atoms with Gasteiger partial charge in [-0.3, -0.25) is 0 Å². The first-order valence-electron chi connectivity index (χ1n) is 3.11. The molecule has 0 aromatic heterocycles. The monoisotopic (exact) mass is 170 g/mol. The Morgan fingerprint density at radius 1 is 1.50 bits per heavy atom. The number of hydrogen-bond acceptors (Lipinski definition) is 3. The van der Waals surface area contributed by atoms with E-state index in [1.54, 1.807) is 0 Å². The van der Waals surface area contributed by atoms with Crippen LogP contribution in [0.25, 0.3) is 0 Å². The predicted octanol–water partition coefficient (Wildman–Crippen LogP) is -2.46. The summed E-state index contributed by atoms with van der Waals surface area (Å²) in [4.78, 5) is 9.63. The van der Waals surface area contributed by atoms with Crippen molar-refractivity contribution in [3.05, 3.63) is 0 Å². The van der Waals surface area contributed by atoms with Crippen molar-refractivity contribution >= 4 is 6.16 Å². The van der Waals surface area contributed by atoms with Gasteiger partial charge in [0, 0.05) is 6.61 Å². The van der Waals surface area contributed by atoms with Crippen molar-refractivity contribution in [3.8, 4) is 0 Å². The van der Waals surface area contributed by atoms with Crippen molar-refractivity contribution in [1.82, 2.24) is 0 Å². The molecule has 0 bridgehead atoms. The quantitative estimate of drug-likeness (QED) is 0.267. The van der Waals surface area contributed by atoms with Gasteiger partial charge in [-0.05, 0) is 6.42 Å². The summed E-state index contributed by atoms with van der Waals surface area (Å²) < 4.78 is 4.15. The zero-order valence-electron chi connectivity index (χ0n) is 6.55. The molecule has 0 heterocycles. The molecule has 0 aromatic carbocycles. The van der Waals surface area contributed by atoms with Crippen LogP contribution in [0.2, 0.25) is 0 Å². The zero-order chi connectivity index (χ0) is 7.11. The summed E-state index contributed by atoms with van der Waals surface area (Å²) >= 11 is 0. The number of carbonyl (C=O) groups is 1. The molecule has 3 nitrogen and oxygen atoms in total. The maximum Gasteiger partial charge on any atom is 1.00 e. The predicted molar refractivity (Wildman–Crippen MR) is 30.9 cm³/mol. The van der Waals surface area contributed by atoms with Crippen LogP contribution in [-0.4, -0.2) is 12.8 Å². The van der Waals surface area contributed by atoms with Gasteiger partial charge in [-0.15, -0.1) is 0 Å². The smallest absolute Gasteiger partial charge is 0.550 e. The van der Waals surface area contributed by atoms with Crippen molar-refractivity contribution in [2.24, 2.45) is 0 Å². The number of carbonyl (C=O) groups excluding carboxylic acids is 1. The fourth-order valence-corrected chi connectivity index (χ4v) is 0.508. The van der Waals surface area contributed by atoms with Gasteiger partial charge in [0.2, 0.25) is 0 Å². The van der Waals surface area contributed by atoms with Crippen LogP contribution in [0.1, 0.15) is 26.2 Å². The van der Waals surface area contributed by atoms with Crippen molar-refractivity contribution < 1.29 is 66.0 Å². The van der Waals surface area contributed by atoms with Crippen LogP contribution in [0.3, 0.4) is 0 Å². The van der Waals surface area contributed by atoms with Gasteiger partial charge in [0.15, 0.2) is 0 Å². The average molecular weight is 170 g/mol. The fourth-order valence-electron chi connectivity index (χ4n) is 0.508. The van der Waals surface area contributed by atoms with Crippen LogP contribution in [-0.2, 0) is 4.74 Å². The molecule has 0 aliphatic carbocycles. The first kappa shape index (κ1) is 13.5. The van der Waals surface area contributed by atoms with E-state index in [9.17, 15) is 9.90 Å². The summed E-state index contributed by atoms with van der Waals surface area (Å²) in [5, 5.41) is 9.63. The molecule has 0 atom stereocenters. The number of hydrogen-bond donors (Lipinski definition) is 0. The third-order valence-corrected chi connectivity index (χ3v) is 0.968. The Morgan fingerprint density at radius 3 is 2.50 bits per heavy atom. The van der Waals surface area contributed by atoms with E-state index in [2.05, 4.69) is 4.74 Å². The molecule has 0 fully saturated rings. The van der Waals surface area contributed by atoms with Crippen LogP contribution in [0.5, 0.6) is 0 Å². The molecule has 0 aliphatic rings.